The number of rotatable bonds is 6. The Labute approximate surface area is 165 Å². The molecule has 0 aromatic heterocycles. The van der Waals surface area contributed by atoms with Crippen molar-refractivity contribution in [3.05, 3.63) is 59.9 Å². The Bertz CT molecular complexity index is 797. The lowest BCUT2D eigenvalue weighted by Gasteiger charge is -2.21. The molecular formula is C21H27FN4O2. The fraction of sp³-hybridized carbons (Fsp3) is 0.333. The molecule has 1 amide bonds. The number of aliphatic imine (C=N–C) groups is 1. The molecule has 2 aromatic rings. The molecule has 150 valence electrons. The van der Waals surface area contributed by atoms with Crippen LogP contribution in [0.2, 0.25) is 0 Å². The molecule has 0 radical (unpaired) electrons. The highest BCUT2D eigenvalue weighted by molar-refractivity contribution is 5.86. The first-order valence-electron chi connectivity index (χ1n) is 9.03. The summed E-state index contributed by atoms with van der Waals surface area (Å²) in [5.41, 5.74) is 0.751. The number of amides is 1. The summed E-state index contributed by atoms with van der Waals surface area (Å²) in [6.45, 7) is 6.48. The third-order valence-corrected chi connectivity index (χ3v) is 3.59. The van der Waals surface area contributed by atoms with Gasteiger partial charge in [-0.2, -0.15) is 0 Å². The van der Waals surface area contributed by atoms with Crippen molar-refractivity contribution in [2.45, 2.75) is 32.9 Å². The summed E-state index contributed by atoms with van der Waals surface area (Å²) in [6.07, 6.45) is 0. The Morgan fingerprint density at radius 2 is 1.57 bits per heavy atom. The molecule has 0 fully saturated rings. The van der Waals surface area contributed by atoms with Crippen molar-refractivity contribution in [2.24, 2.45) is 4.99 Å². The lowest BCUT2D eigenvalue weighted by molar-refractivity contribution is -0.121. The molecule has 0 saturated carbocycles. The lowest BCUT2D eigenvalue weighted by Crippen LogP contribution is -2.48. The van der Waals surface area contributed by atoms with E-state index in [9.17, 15) is 9.18 Å². The van der Waals surface area contributed by atoms with Crippen LogP contribution in [0, 0.1) is 5.82 Å². The predicted molar refractivity (Wildman–Crippen MR) is 109 cm³/mol. The minimum atomic E-state index is -0.299. The molecule has 0 bridgehead atoms. The number of guanidine groups is 1. The van der Waals surface area contributed by atoms with Gasteiger partial charge in [-0.25, -0.2) is 4.39 Å². The van der Waals surface area contributed by atoms with Crippen LogP contribution in [0.25, 0.3) is 0 Å². The number of halogens is 1. The second-order valence-electron chi connectivity index (χ2n) is 7.28. The van der Waals surface area contributed by atoms with Crippen LogP contribution in [0.3, 0.4) is 0 Å². The standard InChI is InChI=1S/C21H27FN4O2/c1-21(2,3)26-19(27)14-25-20(23-4)24-13-15-5-9-17(10-6-15)28-18-11-7-16(22)8-12-18/h5-12H,13-14H2,1-4H3,(H,26,27)(H2,23,24,25). The average molecular weight is 386 g/mol. The van der Waals surface area contributed by atoms with Gasteiger partial charge in [0.05, 0.1) is 6.54 Å². The molecule has 0 aliphatic rings. The van der Waals surface area contributed by atoms with Crippen LogP contribution in [-0.2, 0) is 11.3 Å². The number of carbonyl (C=O) groups is 1. The molecule has 0 aliphatic carbocycles. The van der Waals surface area contributed by atoms with E-state index in [4.69, 9.17) is 4.74 Å². The van der Waals surface area contributed by atoms with Gasteiger partial charge in [-0.05, 0) is 62.7 Å². The molecule has 28 heavy (non-hydrogen) atoms. The Morgan fingerprint density at radius 3 is 2.11 bits per heavy atom. The van der Waals surface area contributed by atoms with Crippen LogP contribution < -0.4 is 20.7 Å². The second kappa shape index (κ2) is 9.73. The number of hydrogen-bond donors (Lipinski definition) is 3. The first-order chi connectivity index (χ1) is 13.2. The van der Waals surface area contributed by atoms with Gasteiger partial charge in [0.15, 0.2) is 5.96 Å². The average Bonchev–Trinajstić information content (AvgIpc) is 2.63. The first kappa shape index (κ1) is 21.2. The van der Waals surface area contributed by atoms with E-state index in [1.165, 1.54) is 12.1 Å². The molecular weight excluding hydrogens is 359 g/mol. The number of hydrogen-bond acceptors (Lipinski definition) is 3. The number of nitrogens with one attached hydrogen (secondary N) is 3. The summed E-state index contributed by atoms with van der Waals surface area (Å²) in [5, 5.41) is 9.02. The zero-order valence-electron chi connectivity index (χ0n) is 16.7. The highest BCUT2D eigenvalue weighted by Crippen LogP contribution is 2.21. The summed E-state index contributed by atoms with van der Waals surface area (Å²) < 4.78 is 18.6. The van der Waals surface area contributed by atoms with Gasteiger partial charge in [-0.1, -0.05) is 12.1 Å². The van der Waals surface area contributed by atoms with Gasteiger partial charge in [-0.3, -0.25) is 9.79 Å². The number of carbonyl (C=O) groups excluding carboxylic acids is 1. The van der Waals surface area contributed by atoms with Crippen LogP contribution in [0.15, 0.2) is 53.5 Å². The molecule has 0 atom stereocenters. The number of benzene rings is 2. The minimum absolute atomic E-state index is 0.0993. The number of nitrogens with zero attached hydrogens (tertiary/aromatic N) is 1. The maximum Gasteiger partial charge on any atom is 0.239 e. The van der Waals surface area contributed by atoms with E-state index in [0.29, 0.717) is 24.0 Å². The molecule has 0 heterocycles. The second-order valence-corrected chi connectivity index (χ2v) is 7.28. The Morgan fingerprint density at radius 1 is 1.00 bits per heavy atom. The predicted octanol–water partition coefficient (Wildman–Crippen LogP) is 3.20. The summed E-state index contributed by atoms with van der Waals surface area (Å²) in [6, 6.07) is 13.4. The zero-order valence-corrected chi connectivity index (χ0v) is 16.7. The molecule has 2 rings (SSSR count). The largest absolute Gasteiger partial charge is 0.457 e. The highest BCUT2D eigenvalue weighted by atomic mass is 19.1. The molecule has 0 saturated heterocycles. The summed E-state index contributed by atoms with van der Waals surface area (Å²) in [7, 11) is 1.65. The van der Waals surface area contributed by atoms with Crippen molar-refractivity contribution in [1.82, 2.24) is 16.0 Å². The minimum Gasteiger partial charge on any atom is -0.457 e. The maximum absolute atomic E-state index is 12.9. The van der Waals surface area contributed by atoms with Gasteiger partial charge in [0, 0.05) is 19.1 Å². The van der Waals surface area contributed by atoms with Crippen molar-refractivity contribution in [3.63, 3.8) is 0 Å². The zero-order chi connectivity index (χ0) is 20.6. The van der Waals surface area contributed by atoms with Crippen LogP contribution in [0.1, 0.15) is 26.3 Å². The Hall–Kier alpha value is -3.09. The van der Waals surface area contributed by atoms with Crippen molar-refractivity contribution >= 4 is 11.9 Å². The van der Waals surface area contributed by atoms with Crippen LogP contribution >= 0.6 is 0 Å². The maximum atomic E-state index is 12.9. The van der Waals surface area contributed by atoms with Crippen molar-refractivity contribution < 1.29 is 13.9 Å². The van der Waals surface area contributed by atoms with E-state index >= 15 is 0 Å². The molecule has 3 N–H and O–H groups in total. The summed E-state index contributed by atoms with van der Waals surface area (Å²) in [5.74, 6) is 1.38. The van der Waals surface area contributed by atoms with Crippen LogP contribution in [0.4, 0.5) is 4.39 Å². The van der Waals surface area contributed by atoms with Gasteiger partial charge < -0.3 is 20.7 Å². The normalized spacial score (nSPS) is 11.7. The fourth-order valence-corrected chi connectivity index (χ4v) is 2.35. The lowest BCUT2D eigenvalue weighted by atomic mass is 10.1. The molecule has 2 aromatic carbocycles. The van der Waals surface area contributed by atoms with Gasteiger partial charge in [-0.15, -0.1) is 0 Å². The van der Waals surface area contributed by atoms with Crippen LogP contribution in [0.5, 0.6) is 11.5 Å². The third-order valence-electron chi connectivity index (χ3n) is 3.59. The first-order valence-corrected chi connectivity index (χ1v) is 9.03. The third kappa shape index (κ3) is 7.65. The van der Waals surface area contributed by atoms with E-state index in [0.717, 1.165) is 5.56 Å². The van der Waals surface area contributed by atoms with Crippen LogP contribution in [-0.4, -0.2) is 31.0 Å². The van der Waals surface area contributed by atoms with E-state index in [1.54, 1.807) is 19.2 Å². The van der Waals surface area contributed by atoms with Gasteiger partial charge in [0.1, 0.15) is 17.3 Å². The Balaban J connectivity index is 1.81. The van der Waals surface area contributed by atoms with E-state index in [2.05, 4.69) is 20.9 Å². The van der Waals surface area contributed by atoms with Crippen molar-refractivity contribution in [2.75, 3.05) is 13.6 Å². The van der Waals surface area contributed by atoms with Crippen molar-refractivity contribution in [1.29, 1.82) is 0 Å². The monoisotopic (exact) mass is 386 g/mol. The quantitative estimate of drug-likeness (QED) is 0.527. The van der Waals surface area contributed by atoms with Gasteiger partial charge in [0.25, 0.3) is 0 Å². The molecule has 0 unspecified atom stereocenters. The van der Waals surface area contributed by atoms with Gasteiger partial charge >= 0.3 is 0 Å². The topological polar surface area (TPSA) is 74.8 Å². The highest BCUT2D eigenvalue weighted by Gasteiger charge is 2.13. The Kier molecular flexibility index (Phi) is 7.37. The van der Waals surface area contributed by atoms with E-state index in [-0.39, 0.29) is 23.8 Å². The summed E-state index contributed by atoms with van der Waals surface area (Å²) >= 11 is 0. The molecule has 6 nitrogen and oxygen atoms in total. The molecule has 7 heteroatoms. The van der Waals surface area contributed by atoms with E-state index < -0.39 is 0 Å². The molecule has 0 aliphatic heterocycles. The number of ether oxygens (including phenoxy) is 1. The smallest absolute Gasteiger partial charge is 0.239 e. The SMILES string of the molecule is CN=C(NCC(=O)NC(C)(C)C)NCc1ccc(Oc2ccc(F)cc2)cc1. The molecule has 0 spiro atoms. The summed E-state index contributed by atoms with van der Waals surface area (Å²) in [4.78, 5) is 16.0. The fourth-order valence-electron chi connectivity index (χ4n) is 2.35. The van der Waals surface area contributed by atoms with E-state index in [1.807, 2.05) is 45.0 Å². The van der Waals surface area contributed by atoms with Crippen molar-refractivity contribution in [3.8, 4) is 11.5 Å². The van der Waals surface area contributed by atoms with Gasteiger partial charge in [0.2, 0.25) is 5.91 Å².